The molecule has 2 aliphatic heterocycles. The Morgan fingerprint density at radius 1 is 1.12 bits per heavy atom. The molecule has 4 rings (SSSR count). The Morgan fingerprint density at radius 2 is 1.88 bits per heavy atom. The van der Waals surface area contributed by atoms with E-state index in [1.165, 1.54) is 0 Å². The van der Waals surface area contributed by atoms with Gasteiger partial charge in [-0.25, -0.2) is 9.97 Å². The first-order valence-electron chi connectivity index (χ1n) is 8.52. The molecule has 2 aromatic heterocycles. The summed E-state index contributed by atoms with van der Waals surface area (Å²) in [6.45, 7) is 2.52. The van der Waals surface area contributed by atoms with Gasteiger partial charge in [-0.15, -0.1) is 0 Å². The van der Waals surface area contributed by atoms with Gasteiger partial charge in [0.15, 0.2) is 0 Å². The van der Waals surface area contributed by atoms with Crippen LogP contribution in [0, 0.1) is 0 Å². The molecule has 126 valence electrons. The van der Waals surface area contributed by atoms with E-state index in [4.69, 9.17) is 0 Å². The van der Waals surface area contributed by atoms with Crippen LogP contribution in [-0.4, -0.2) is 55.7 Å². The van der Waals surface area contributed by atoms with Crippen molar-refractivity contribution in [3.05, 3.63) is 36.4 Å². The van der Waals surface area contributed by atoms with Crippen molar-refractivity contribution in [3.8, 4) is 0 Å². The van der Waals surface area contributed by atoms with Crippen LogP contribution in [0.5, 0.6) is 0 Å². The van der Waals surface area contributed by atoms with E-state index in [2.05, 4.69) is 20.0 Å². The normalized spacial score (nSPS) is 19.9. The maximum Gasteiger partial charge on any atom is 0.274 e. The summed E-state index contributed by atoms with van der Waals surface area (Å²) in [6, 6.07) is 3.63. The van der Waals surface area contributed by atoms with Crippen molar-refractivity contribution in [1.29, 1.82) is 0 Å². The van der Waals surface area contributed by atoms with E-state index in [1.54, 1.807) is 23.1 Å². The molecule has 7 heteroatoms. The zero-order chi connectivity index (χ0) is 16.6. The van der Waals surface area contributed by atoms with Crippen molar-refractivity contribution < 1.29 is 4.79 Å². The second-order valence-corrected chi connectivity index (χ2v) is 6.70. The third-order valence-electron chi connectivity index (χ3n) is 5.30. The summed E-state index contributed by atoms with van der Waals surface area (Å²) in [7, 11) is 1.83. The predicted octanol–water partition coefficient (Wildman–Crippen LogP) is 1.49. The molecule has 0 aliphatic carbocycles. The molecule has 2 aromatic rings. The number of nitrogens with zero attached hydrogens (tertiary/aromatic N) is 6. The minimum absolute atomic E-state index is 0.0333. The van der Waals surface area contributed by atoms with Crippen molar-refractivity contribution >= 4 is 11.9 Å². The van der Waals surface area contributed by atoms with Gasteiger partial charge in [-0.1, -0.05) is 0 Å². The monoisotopic (exact) mass is 326 g/mol. The average Bonchev–Trinajstić information content (AvgIpc) is 3.23. The van der Waals surface area contributed by atoms with Crippen LogP contribution in [0.15, 0.2) is 30.7 Å². The van der Waals surface area contributed by atoms with E-state index < -0.39 is 0 Å². The molecular formula is C17H22N6O. The fourth-order valence-electron chi connectivity index (χ4n) is 4.02. The number of rotatable bonds is 2. The summed E-state index contributed by atoms with van der Waals surface area (Å²) in [5, 5.41) is 4.23. The Morgan fingerprint density at radius 3 is 2.54 bits per heavy atom. The van der Waals surface area contributed by atoms with Crippen molar-refractivity contribution in [2.45, 2.75) is 31.2 Å². The standard InChI is InChI=1S/C17H22N6O/c1-21-11-4-14(20-21)15(24)22-12-6-17(7-13-22)5-2-10-23(17)16-18-8-3-9-19-16/h3-4,8-9,11H,2,5-7,10,12-13H2,1H3. The van der Waals surface area contributed by atoms with Gasteiger partial charge in [0.05, 0.1) is 0 Å². The number of aryl methyl sites for hydroxylation is 1. The average molecular weight is 326 g/mol. The fourth-order valence-corrected chi connectivity index (χ4v) is 4.02. The lowest BCUT2D eigenvalue weighted by Gasteiger charge is -2.44. The van der Waals surface area contributed by atoms with Crippen molar-refractivity contribution in [2.24, 2.45) is 7.05 Å². The number of aromatic nitrogens is 4. The summed E-state index contributed by atoms with van der Waals surface area (Å²) in [5.74, 6) is 0.852. The first kappa shape index (κ1) is 15.1. The zero-order valence-corrected chi connectivity index (χ0v) is 13.9. The molecule has 7 nitrogen and oxygen atoms in total. The Labute approximate surface area is 141 Å². The van der Waals surface area contributed by atoms with Crippen LogP contribution in [0.2, 0.25) is 0 Å². The lowest BCUT2D eigenvalue weighted by molar-refractivity contribution is 0.0665. The van der Waals surface area contributed by atoms with Crippen molar-refractivity contribution in [1.82, 2.24) is 24.6 Å². The predicted molar refractivity (Wildman–Crippen MR) is 89.7 cm³/mol. The Hall–Kier alpha value is -2.44. The Bertz CT molecular complexity index is 720. The van der Waals surface area contributed by atoms with Gasteiger partial charge >= 0.3 is 0 Å². The van der Waals surface area contributed by atoms with Gasteiger partial charge in [-0.3, -0.25) is 9.48 Å². The van der Waals surface area contributed by atoms with Crippen molar-refractivity contribution in [2.75, 3.05) is 24.5 Å². The van der Waals surface area contributed by atoms with Crippen LogP contribution in [0.25, 0.3) is 0 Å². The molecule has 24 heavy (non-hydrogen) atoms. The van der Waals surface area contributed by atoms with E-state index >= 15 is 0 Å². The highest BCUT2D eigenvalue weighted by Crippen LogP contribution is 2.40. The number of likely N-dealkylation sites (tertiary alicyclic amines) is 1. The molecule has 1 spiro atoms. The SMILES string of the molecule is Cn1ccc(C(=O)N2CCC3(CCCN3c3ncccn3)CC2)n1. The third-order valence-corrected chi connectivity index (χ3v) is 5.30. The number of amides is 1. The second kappa shape index (κ2) is 5.89. The summed E-state index contributed by atoms with van der Waals surface area (Å²) >= 11 is 0. The number of carbonyl (C=O) groups is 1. The van der Waals surface area contributed by atoms with E-state index in [-0.39, 0.29) is 11.4 Å². The molecule has 2 fully saturated rings. The quantitative estimate of drug-likeness (QED) is 0.836. The highest BCUT2D eigenvalue weighted by molar-refractivity contribution is 5.92. The largest absolute Gasteiger partial charge is 0.337 e. The van der Waals surface area contributed by atoms with Crippen LogP contribution >= 0.6 is 0 Å². The maximum atomic E-state index is 12.6. The van der Waals surface area contributed by atoms with Gasteiger partial charge < -0.3 is 9.80 Å². The Balaban J connectivity index is 1.48. The molecule has 0 unspecified atom stereocenters. The highest BCUT2D eigenvalue weighted by atomic mass is 16.2. The van der Waals surface area contributed by atoms with E-state index in [1.807, 2.05) is 24.2 Å². The minimum atomic E-state index is 0.0333. The number of hydrogen-bond acceptors (Lipinski definition) is 5. The number of anilines is 1. The highest BCUT2D eigenvalue weighted by Gasteiger charge is 2.45. The van der Waals surface area contributed by atoms with Gasteiger partial charge in [-0.2, -0.15) is 5.10 Å². The molecule has 4 heterocycles. The minimum Gasteiger partial charge on any atom is -0.337 e. The molecule has 2 aliphatic rings. The van der Waals surface area contributed by atoms with Crippen molar-refractivity contribution in [3.63, 3.8) is 0 Å². The first-order valence-corrected chi connectivity index (χ1v) is 8.52. The fraction of sp³-hybridized carbons (Fsp3) is 0.529. The summed E-state index contributed by atoms with van der Waals surface area (Å²) < 4.78 is 1.67. The lowest BCUT2D eigenvalue weighted by atomic mass is 9.85. The van der Waals surface area contributed by atoms with Gasteiger partial charge in [-0.05, 0) is 37.8 Å². The summed E-state index contributed by atoms with van der Waals surface area (Å²) in [4.78, 5) is 25.7. The zero-order valence-electron chi connectivity index (χ0n) is 13.9. The number of carbonyl (C=O) groups excluding carboxylic acids is 1. The van der Waals surface area contributed by atoms with Gasteiger partial charge in [0, 0.05) is 50.8 Å². The topological polar surface area (TPSA) is 67.2 Å². The van der Waals surface area contributed by atoms with Gasteiger partial charge in [0.1, 0.15) is 5.69 Å². The van der Waals surface area contributed by atoms with Gasteiger partial charge in [0.2, 0.25) is 5.95 Å². The van der Waals surface area contributed by atoms with Crippen LogP contribution < -0.4 is 4.90 Å². The molecule has 0 radical (unpaired) electrons. The summed E-state index contributed by atoms with van der Waals surface area (Å²) in [6.07, 6.45) is 9.64. The molecule has 0 aromatic carbocycles. The third kappa shape index (κ3) is 2.53. The molecule has 0 N–H and O–H groups in total. The lowest BCUT2D eigenvalue weighted by Crippen LogP contribution is -2.54. The molecule has 2 saturated heterocycles. The molecule has 1 amide bonds. The smallest absolute Gasteiger partial charge is 0.274 e. The number of piperidine rings is 1. The summed E-state index contributed by atoms with van der Waals surface area (Å²) in [5.41, 5.74) is 0.630. The Kier molecular flexibility index (Phi) is 3.70. The number of hydrogen-bond donors (Lipinski definition) is 0. The second-order valence-electron chi connectivity index (χ2n) is 6.70. The van der Waals surface area contributed by atoms with E-state index in [0.717, 1.165) is 51.3 Å². The van der Waals surface area contributed by atoms with Gasteiger partial charge in [0.25, 0.3) is 5.91 Å². The van der Waals surface area contributed by atoms with Crippen LogP contribution in [0.3, 0.4) is 0 Å². The molecule has 0 bridgehead atoms. The molecular weight excluding hydrogens is 304 g/mol. The maximum absolute atomic E-state index is 12.6. The van der Waals surface area contributed by atoms with E-state index in [0.29, 0.717) is 5.69 Å². The first-order chi connectivity index (χ1) is 11.7. The van der Waals surface area contributed by atoms with Crippen LogP contribution in [-0.2, 0) is 7.05 Å². The van der Waals surface area contributed by atoms with Crippen LogP contribution in [0.1, 0.15) is 36.2 Å². The van der Waals surface area contributed by atoms with Crippen LogP contribution in [0.4, 0.5) is 5.95 Å². The molecule has 0 saturated carbocycles. The molecule has 0 atom stereocenters. The van der Waals surface area contributed by atoms with E-state index in [9.17, 15) is 4.79 Å².